The van der Waals surface area contributed by atoms with Crippen LogP contribution in [0.4, 0.5) is 5.69 Å². The van der Waals surface area contributed by atoms with Gasteiger partial charge in [-0.05, 0) is 72.4 Å². The molecule has 6 heteroatoms. The lowest BCUT2D eigenvalue weighted by Crippen LogP contribution is -2.28. The number of anilines is 1. The third kappa shape index (κ3) is 3.50. The van der Waals surface area contributed by atoms with Crippen LogP contribution in [0, 0.1) is 5.92 Å². The van der Waals surface area contributed by atoms with Gasteiger partial charge in [-0.1, -0.05) is 18.2 Å². The van der Waals surface area contributed by atoms with Crippen LogP contribution >= 0.6 is 0 Å². The fourth-order valence-electron chi connectivity index (χ4n) is 4.25. The van der Waals surface area contributed by atoms with E-state index >= 15 is 0 Å². The summed E-state index contributed by atoms with van der Waals surface area (Å²) in [5.41, 5.74) is 7.04. The molecule has 1 aliphatic heterocycles. The number of aromatic nitrogens is 5. The van der Waals surface area contributed by atoms with Crippen LogP contribution in [0.25, 0.3) is 22.6 Å². The van der Waals surface area contributed by atoms with Crippen molar-refractivity contribution in [3.63, 3.8) is 0 Å². The highest BCUT2D eigenvalue weighted by Crippen LogP contribution is 2.43. The maximum atomic E-state index is 4.41. The molecule has 0 atom stereocenters. The SMILES string of the molecule is C1=C(c2ccncc2)CN(c2cccc(-c3nncn3-c3cccnc3)c2)C(C2CC2)=C1. The van der Waals surface area contributed by atoms with Gasteiger partial charge in [-0.25, -0.2) is 0 Å². The zero-order valence-corrected chi connectivity index (χ0v) is 17.5. The Kier molecular flexibility index (Phi) is 4.61. The highest BCUT2D eigenvalue weighted by molar-refractivity contribution is 5.77. The predicted octanol–water partition coefficient (Wildman–Crippen LogP) is 4.92. The van der Waals surface area contributed by atoms with Crippen LogP contribution in [0.5, 0.6) is 0 Å². The standard InChI is InChI=1S/C26H22N6/c1-3-21(26-30-29-18-32(26)24-5-2-12-28-16-24)15-23(4-1)31-17-22(19-10-13-27-14-11-19)8-9-25(31)20-6-7-20/h1-5,8-16,18,20H,6-7,17H2. The normalized spacial score (nSPS) is 15.9. The van der Waals surface area contributed by atoms with Gasteiger partial charge in [0.05, 0.1) is 11.9 Å². The van der Waals surface area contributed by atoms with Crippen LogP contribution in [0.1, 0.15) is 18.4 Å². The van der Waals surface area contributed by atoms with E-state index in [1.807, 2.05) is 35.3 Å². The summed E-state index contributed by atoms with van der Waals surface area (Å²) in [6.45, 7) is 0.838. The summed E-state index contributed by atoms with van der Waals surface area (Å²) in [6, 6.07) is 16.7. The molecular formula is C26H22N6. The lowest BCUT2D eigenvalue weighted by atomic mass is 10.0. The molecule has 1 fully saturated rings. The van der Waals surface area contributed by atoms with Crippen LogP contribution in [0.2, 0.25) is 0 Å². The molecule has 156 valence electrons. The van der Waals surface area contributed by atoms with E-state index in [-0.39, 0.29) is 0 Å². The van der Waals surface area contributed by atoms with Gasteiger partial charge in [0, 0.05) is 42.1 Å². The molecule has 6 nitrogen and oxygen atoms in total. The lowest BCUT2D eigenvalue weighted by Gasteiger charge is -2.32. The average molecular weight is 419 g/mol. The van der Waals surface area contributed by atoms with Crippen molar-refractivity contribution in [2.45, 2.75) is 12.8 Å². The van der Waals surface area contributed by atoms with Crippen molar-refractivity contribution in [3.8, 4) is 17.1 Å². The molecule has 1 aliphatic carbocycles. The Hall–Kier alpha value is -4.06. The third-order valence-electron chi connectivity index (χ3n) is 6.03. The van der Waals surface area contributed by atoms with Crippen molar-refractivity contribution in [1.82, 2.24) is 24.7 Å². The summed E-state index contributed by atoms with van der Waals surface area (Å²) >= 11 is 0. The molecule has 1 saturated carbocycles. The highest BCUT2D eigenvalue weighted by Gasteiger charge is 2.32. The van der Waals surface area contributed by atoms with Gasteiger partial charge in [0.15, 0.2) is 5.82 Å². The Morgan fingerprint density at radius 2 is 1.69 bits per heavy atom. The van der Waals surface area contributed by atoms with Gasteiger partial charge in [0.2, 0.25) is 0 Å². The van der Waals surface area contributed by atoms with E-state index in [0.717, 1.165) is 23.6 Å². The summed E-state index contributed by atoms with van der Waals surface area (Å²) in [6.07, 6.45) is 16.1. The van der Waals surface area contributed by atoms with E-state index in [1.54, 1.807) is 12.5 Å². The molecule has 0 unspecified atom stereocenters. The molecule has 0 N–H and O–H groups in total. The highest BCUT2D eigenvalue weighted by atomic mass is 15.3. The molecule has 32 heavy (non-hydrogen) atoms. The maximum Gasteiger partial charge on any atom is 0.168 e. The number of benzene rings is 1. The van der Waals surface area contributed by atoms with E-state index in [4.69, 9.17) is 0 Å². The average Bonchev–Trinajstić information content (AvgIpc) is 3.60. The van der Waals surface area contributed by atoms with E-state index in [1.165, 1.54) is 35.4 Å². The van der Waals surface area contributed by atoms with Crippen molar-refractivity contribution in [2.75, 3.05) is 11.4 Å². The number of hydrogen-bond acceptors (Lipinski definition) is 5. The number of rotatable bonds is 5. The van der Waals surface area contributed by atoms with Crippen LogP contribution in [0.15, 0.2) is 97.5 Å². The minimum Gasteiger partial charge on any atom is -0.340 e. The molecule has 0 spiro atoms. The summed E-state index contributed by atoms with van der Waals surface area (Å²) in [4.78, 5) is 10.9. The third-order valence-corrected chi connectivity index (χ3v) is 6.03. The Labute approximate surface area is 186 Å². The number of nitrogens with zero attached hydrogens (tertiary/aromatic N) is 6. The van der Waals surface area contributed by atoms with Gasteiger partial charge in [0.1, 0.15) is 6.33 Å². The van der Waals surface area contributed by atoms with Crippen molar-refractivity contribution in [1.29, 1.82) is 0 Å². The monoisotopic (exact) mass is 418 g/mol. The van der Waals surface area contributed by atoms with Gasteiger partial charge in [-0.2, -0.15) is 0 Å². The molecule has 1 aromatic carbocycles. The zero-order chi connectivity index (χ0) is 21.3. The second-order valence-electron chi connectivity index (χ2n) is 8.17. The smallest absolute Gasteiger partial charge is 0.168 e. The minimum absolute atomic E-state index is 0.646. The summed E-state index contributed by atoms with van der Waals surface area (Å²) in [5.74, 6) is 1.45. The largest absolute Gasteiger partial charge is 0.340 e. The zero-order valence-electron chi connectivity index (χ0n) is 17.5. The van der Waals surface area contributed by atoms with Gasteiger partial charge < -0.3 is 4.90 Å². The van der Waals surface area contributed by atoms with Gasteiger partial charge in [-0.15, -0.1) is 10.2 Å². The Morgan fingerprint density at radius 3 is 2.50 bits per heavy atom. The van der Waals surface area contributed by atoms with Gasteiger partial charge >= 0.3 is 0 Å². The van der Waals surface area contributed by atoms with Crippen LogP contribution in [-0.2, 0) is 0 Å². The number of pyridine rings is 2. The fourth-order valence-corrected chi connectivity index (χ4v) is 4.25. The summed E-state index contributed by atoms with van der Waals surface area (Å²) < 4.78 is 1.97. The van der Waals surface area contributed by atoms with Crippen LogP contribution in [0.3, 0.4) is 0 Å². The van der Waals surface area contributed by atoms with E-state index < -0.39 is 0 Å². The van der Waals surface area contributed by atoms with Gasteiger partial charge in [0.25, 0.3) is 0 Å². The van der Waals surface area contributed by atoms with Crippen molar-refractivity contribution in [3.05, 3.63) is 103 Å². The van der Waals surface area contributed by atoms with Crippen molar-refractivity contribution < 1.29 is 0 Å². The molecule has 4 heterocycles. The van der Waals surface area contributed by atoms with E-state index in [0.29, 0.717) is 5.92 Å². The van der Waals surface area contributed by atoms with Gasteiger partial charge in [-0.3, -0.25) is 14.5 Å². The van der Waals surface area contributed by atoms with Crippen molar-refractivity contribution in [2.24, 2.45) is 5.92 Å². The van der Waals surface area contributed by atoms with Crippen molar-refractivity contribution >= 4 is 11.3 Å². The first kappa shape index (κ1) is 18.7. The molecular weight excluding hydrogens is 396 g/mol. The lowest BCUT2D eigenvalue weighted by molar-refractivity contribution is 0.874. The molecule has 6 rings (SSSR count). The molecule has 0 saturated heterocycles. The molecule has 2 aliphatic rings. The number of hydrogen-bond donors (Lipinski definition) is 0. The molecule has 0 amide bonds. The molecule has 3 aromatic heterocycles. The minimum atomic E-state index is 0.646. The Bertz CT molecular complexity index is 1300. The first-order valence-electron chi connectivity index (χ1n) is 10.9. The second kappa shape index (κ2) is 7.89. The predicted molar refractivity (Wildman–Crippen MR) is 125 cm³/mol. The Morgan fingerprint density at radius 1 is 0.812 bits per heavy atom. The first-order valence-corrected chi connectivity index (χ1v) is 10.9. The quantitative estimate of drug-likeness (QED) is 0.460. The maximum absolute atomic E-state index is 4.41. The van der Waals surface area contributed by atoms with Crippen LogP contribution in [-0.4, -0.2) is 31.3 Å². The van der Waals surface area contributed by atoms with E-state index in [9.17, 15) is 0 Å². The van der Waals surface area contributed by atoms with E-state index in [2.05, 4.69) is 73.6 Å². The second-order valence-corrected chi connectivity index (χ2v) is 8.17. The number of allylic oxidation sites excluding steroid dienone is 3. The summed E-state index contributed by atoms with van der Waals surface area (Å²) in [7, 11) is 0. The topological polar surface area (TPSA) is 59.7 Å². The van der Waals surface area contributed by atoms with Crippen LogP contribution < -0.4 is 4.90 Å². The molecule has 0 bridgehead atoms. The fraction of sp³-hybridized carbons (Fsp3) is 0.154. The Balaban J connectivity index is 1.38. The molecule has 0 radical (unpaired) electrons. The summed E-state index contributed by atoms with van der Waals surface area (Å²) in [5, 5.41) is 8.58. The molecule has 4 aromatic rings. The first-order chi connectivity index (χ1) is 15.9.